The monoisotopic (exact) mass is 576 g/mol. The third-order valence-electron chi connectivity index (χ3n) is 7.99. The van der Waals surface area contributed by atoms with E-state index >= 15 is 0 Å². The van der Waals surface area contributed by atoms with Gasteiger partial charge in [0.05, 0.1) is 19.6 Å². The largest absolute Gasteiger partial charge is 0.421 e. The summed E-state index contributed by atoms with van der Waals surface area (Å²) in [5.41, 5.74) is 2.19. The summed E-state index contributed by atoms with van der Waals surface area (Å²) in [6, 6.07) is 6.92. The van der Waals surface area contributed by atoms with Crippen molar-refractivity contribution in [3.05, 3.63) is 41.1 Å². The van der Waals surface area contributed by atoms with Gasteiger partial charge in [-0.2, -0.15) is 18.2 Å². The zero-order chi connectivity index (χ0) is 29.2. The highest BCUT2D eigenvalue weighted by molar-refractivity contribution is 5.76. The number of aryl methyl sites for hydroxylation is 2. The van der Waals surface area contributed by atoms with E-state index in [0.717, 1.165) is 49.3 Å². The number of anilines is 3. The number of amides is 1. The number of nitrogens with one attached hydrogen (secondary N) is 2. The van der Waals surface area contributed by atoms with Crippen LogP contribution in [0.5, 0.6) is 0 Å². The van der Waals surface area contributed by atoms with Crippen LogP contribution < -0.4 is 10.6 Å². The van der Waals surface area contributed by atoms with E-state index in [2.05, 4.69) is 51.5 Å². The molecule has 2 N–H and O–H groups in total. The first-order chi connectivity index (χ1) is 19.8. The summed E-state index contributed by atoms with van der Waals surface area (Å²) in [6.07, 6.45) is 3.68. The Morgan fingerprint density at radius 2 is 1.98 bits per heavy atom. The van der Waals surface area contributed by atoms with Gasteiger partial charge in [-0.25, -0.2) is 4.98 Å². The summed E-state index contributed by atoms with van der Waals surface area (Å²) in [5.74, 6) is -0.175. The van der Waals surface area contributed by atoms with Gasteiger partial charge in [0, 0.05) is 37.6 Å². The fourth-order valence-electron chi connectivity index (χ4n) is 5.69. The molecule has 2 fully saturated rings. The highest BCUT2D eigenvalue weighted by atomic mass is 19.4. The minimum atomic E-state index is -4.60. The van der Waals surface area contributed by atoms with E-state index in [1.165, 1.54) is 31.4 Å². The van der Waals surface area contributed by atoms with Crippen molar-refractivity contribution in [2.24, 2.45) is 0 Å². The molecular formula is C30H43F3N6O2. The quantitative estimate of drug-likeness (QED) is 0.298. The van der Waals surface area contributed by atoms with E-state index in [4.69, 9.17) is 4.74 Å². The summed E-state index contributed by atoms with van der Waals surface area (Å²) < 4.78 is 46.4. The van der Waals surface area contributed by atoms with Gasteiger partial charge in [0.25, 0.3) is 0 Å². The number of halogens is 3. The highest BCUT2D eigenvalue weighted by Gasteiger charge is 2.35. The molecule has 1 aromatic carbocycles. The number of likely N-dealkylation sites (tertiary alicyclic amines) is 1. The Labute approximate surface area is 241 Å². The van der Waals surface area contributed by atoms with Gasteiger partial charge in [-0.15, -0.1) is 0 Å². The van der Waals surface area contributed by atoms with E-state index in [1.807, 2.05) is 6.07 Å². The summed E-state index contributed by atoms with van der Waals surface area (Å²) in [7, 11) is 0. The van der Waals surface area contributed by atoms with Gasteiger partial charge in [0.2, 0.25) is 11.9 Å². The minimum Gasteiger partial charge on any atom is -0.379 e. The van der Waals surface area contributed by atoms with Crippen molar-refractivity contribution in [2.45, 2.75) is 77.4 Å². The van der Waals surface area contributed by atoms with E-state index in [0.29, 0.717) is 39.1 Å². The van der Waals surface area contributed by atoms with Crippen molar-refractivity contribution in [1.29, 1.82) is 0 Å². The molecule has 2 aromatic rings. The molecule has 0 radical (unpaired) electrons. The first-order valence-electron chi connectivity index (χ1n) is 14.9. The van der Waals surface area contributed by atoms with E-state index in [-0.39, 0.29) is 24.2 Å². The van der Waals surface area contributed by atoms with Crippen molar-refractivity contribution in [1.82, 2.24) is 19.8 Å². The zero-order valence-corrected chi connectivity index (χ0v) is 24.2. The molecule has 2 aliphatic rings. The Kier molecular flexibility index (Phi) is 11.2. The maximum Gasteiger partial charge on any atom is 0.421 e. The predicted molar refractivity (Wildman–Crippen MR) is 154 cm³/mol. The molecule has 0 spiro atoms. The smallest absolute Gasteiger partial charge is 0.379 e. The van der Waals surface area contributed by atoms with Crippen LogP contribution in [-0.4, -0.2) is 77.7 Å². The molecule has 0 unspecified atom stereocenters. The molecule has 8 nitrogen and oxygen atoms in total. The molecule has 0 saturated carbocycles. The highest BCUT2D eigenvalue weighted by Crippen LogP contribution is 2.34. The Balaban J connectivity index is 1.37. The topological polar surface area (TPSA) is 82.6 Å². The number of ether oxygens (including phenoxy) is 1. The summed E-state index contributed by atoms with van der Waals surface area (Å²) in [4.78, 5) is 24.6. The third kappa shape index (κ3) is 8.78. The zero-order valence-electron chi connectivity index (χ0n) is 24.2. The molecule has 1 aromatic heterocycles. The second-order valence-electron chi connectivity index (χ2n) is 10.8. The lowest BCUT2D eigenvalue weighted by molar-refractivity contribution is -0.137. The Hall–Kier alpha value is -2.92. The Bertz CT molecular complexity index is 1150. The molecule has 0 aliphatic carbocycles. The average molecular weight is 577 g/mol. The number of benzene rings is 1. The van der Waals surface area contributed by atoms with Crippen LogP contribution in [0, 0.1) is 0 Å². The molecule has 11 heteroatoms. The van der Waals surface area contributed by atoms with E-state index in [9.17, 15) is 18.0 Å². The first kappa shape index (κ1) is 31.0. The molecule has 4 rings (SSSR count). The maximum absolute atomic E-state index is 13.7. The lowest BCUT2D eigenvalue weighted by Crippen LogP contribution is -2.33. The average Bonchev–Trinajstić information content (AvgIpc) is 3.31. The fourth-order valence-corrected chi connectivity index (χ4v) is 5.69. The maximum atomic E-state index is 13.7. The van der Waals surface area contributed by atoms with Crippen molar-refractivity contribution in [2.75, 3.05) is 56.6 Å². The summed E-state index contributed by atoms with van der Waals surface area (Å²) in [6.45, 7) is 8.66. The number of rotatable bonds is 13. The molecule has 3 heterocycles. The number of carbonyl (C=O) groups is 1. The molecule has 1 amide bonds. The van der Waals surface area contributed by atoms with Crippen LogP contribution in [0.1, 0.15) is 69.1 Å². The van der Waals surface area contributed by atoms with Gasteiger partial charge in [-0.1, -0.05) is 26.0 Å². The first-order valence-corrected chi connectivity index (χ1v) is 14.9. The van der Waals surface area contributed by atoms with Gasteiger partial charge >= 0.3 is 6.18 Å². The van der Waals surface area contributed by atoms with Crippen LogP contribution >= 0.6 is 0 Å². The standard InChI is InChI=1S/C30H43F3N6O2/c1-3-23-20-22(8-5-14-38-15-6-9-24(38)4-2)10-11-26(23)36-29-35-21-25(30(31,32)33)28(37-29)34-13-7-16-39-17-19-41-18-12-27(39)40/h10-11,20-21,24H,3-9,12-19H2,1-2H3,(H2,34,35,36,37)/t24-/m1/s1. The van der Waals surface area contributed by atoms with Gasteiger partial charge in [-0.05, 0) is 75.2 Å². The molecule has 41 heavy (non-hydrogen) atoms. The van der Waals surface area contributed by atoms with Crippen molar-refractivity contribution < 1.29 is 22.7 Å². The summed E-state index contributed by atoms with van der Waals surface area (Å²) >= 11 is 0. The second-order valence-corrected chi connectivity index (χ2v) is 10.8. The number of nitrogens with zero attached hydrogens (tertiary/aromatic N) is 4. The number of alkyl halides is 3. The Morgan fingerprint density at radius 1 is 1.12 bits per heavy atom. The number of hydrogen-bond donors (Lipinski definition) is 2. The van der Waals surface area contributed by atoms with Crippen LogP contribution in [0.15, 0.2) is 24.4 Å². The van der Waals surface area contributed by atoms with Crippen molar-refractivity contribution in [3.8, 4) is 0 Å². The van der Waals surface area contributed by atoms with Crippen LogP contribution in [0.2, 0.25) is 0 Å². The van der Waals surface area contributed by atoms with Crippen LogP contribution in [0.4, 0.5) is 30.6 Å². The fraction of sp³-hybridized carbons (Fsp3) is 0.633. The third-order valence-corrected chi connectivity index (χ3v) is 7.99. The molecular weight excluding hydrogens is 533 g/mol. The molecule has 0 bridgehead atoms. The lowest BCUT2D eigenvalue weighted by Gasteiger charge is -2.23. The van der Waals surface area contributed by atoms with Crippen LogP contribution in [-0.2, 0) is 28.5 Å². The number of aromatic nitrogens is 2. The van der Waals surface area contributed by atoms with Crippen molar-refractivity contribution >= 4 is 23.4 Å². The predicted octanol–water partition coefficient (Wildman–Crippen LogP) is 5.66. The molecule has 2 saturated heterocycles. The normalized spacial score (nSPS) is 18.5. The number of carbonyl (C=O) groups excluding carboxylic acids is 1. The van der Waals surface area contributed by atoms with Gasteiger partial charge in [0.1, 0.15) is 11.4 Å². The lowest BCUT2D eigenvalue weighted by atomic mass is 10.0. The number of hydrogen-bond acceptors (Lipinski definition) is 7. The summed E-state index contributed by atoms with van der Waals surface area (Å²) in [5, 5.41) is 5.96. The van der Waals surface area contributed by atoms with Crippen molar-refractivity contribution in [3.63, 3.8) is 0 Å². The van der Waals surface area contributed by atoms with Gasteiger partial charge in [-0.3, -0.25) is 4.79 Å². The van der Waals surface area contributed by atoms with Gasteiger partial charge in [0.15, 0.2) is 0 Å². The van der Waals surface area contributed by atoms with E-state index in [1.54, 1.807) is 4.90 Å². The van der Waals surface area contributed by atoms with E-state index < -0.39 is 11.7 Å². The molecule has 2 aliphatic heterocycles. The molecule has 1 atom stereocenters. The molecule has 226 valence electrons. The second kappa shape index (κ2) is 14.8. The van der Waals surface area contributed by atoms with Gasteiger partial charge < -0.3 is 25.2 Å². The van der Waals surface area contributed by atoms with Crippen LogP contribution in [0.25, 0.3) is 0 Å². The minimum absolute atomic E-state index is 0.00136. The SMILES string of the molecule is CCc1cc(CCCN2CCC[C@H]2CC)ccc1Nc1ncc(C(F)(F)F)c(NCCCN2CCOCCC2=O)n1. The van der Waals surface area contributed by atoms with Crippen LogP contribution in [0.3, 0.4) is 0 Å². The Morgan fingerprint density at radius 3 is 2.76 bits per heavy atom.